The Bertz CT molecular complexity index is 624. The van der Waals surface area contributed by atoms with Crippen molar-refractivity contribution in [3.63, 3.8) is 0 Å². The van der Waals surface area contributed by atoms with E-state index in [1.807, 2.05) is 20.0 Å². The summed E-state index contributed by atoms with van der Waals surface area (Å²) in [4.78, 5) is 14.5. The van der Waals surface area contributed by atoms with Gasteiger partial charge in [0, 0.05) is 29.7 Å². The van der Waals surface area contributed by atoms with Crippen molar-refractivity contribution in [2.45, 2.75) is 26.3 Å². The van der Waals surface area contributed by atoms with Crippen LogP contribution in [0.3, 0.4) is 0 Å². The van der Waals surface area contributed by atoms with Crippen LogP contribution in [0.4, 0.5) is 4.39 Å². The van der Waals surface area contributed by atoms with E-state index in [0.29, 0.717) is 6.54 Å². The Hall–Kier alpha value is -1.88. The number of fused-ring (bicyclic) bond motifs is 1. The summed E-state index contributed by atoms with van der Waals surface area (Å²) in [6.07, 6.45) is 2.67. The molecule has 0 radical (unpaired) electrons. The molecule has 0 aliphatic rings. The molecule has 0 unspecified atom stereocenters. The summed E-state index contributed by atoms with van der Waals surface area (Å²) < 4.78 is 18.0. The second-order valence-electron chi connectivity index (χ2n) is 5.44. The number of aromatic nitrogens is 1. The summed E-state index contributed by atoms with van der Waals surface area (Å²) in [7, 11) is 1.39. The van der Waals surface area contributed by atoms with Crippen LogP contribution in [-0.4, -0.2) is 30.6 Å². The minimum atomic E-state index is -0.233. The predicted octanol–water partition coefficient (Wildman–Crippen LogP) is 2.64. The number of halogens is 1. The highest BCUT2D eigenvalue weighted by atomic mass is 19.1. The Morgan fingerprint density at radius 3 is 2.90 bits per heavy atom. The fourth-order valence-electron chi connectivity index (χ4n) is 2.38. The largest absolute Gasteiger partial charge is 0.469 e. The summed E-state index contributed by atoms with van der Waals surface area (Å²) >= 11 is 0. The molecular formula is C16H21FN2O2. The number of carbonyl (C=O) groups is 1. The predicted molar refractivity (Wildman–Crippen MR) is 80.6 cm³/mol. The van der Waals surface area contributed by atoms with Crippen molar-refractivity contribution in [2.24, 2.45) is 5.92 Å². The summed E-state index contributed by atoms with van der Waals surface area (Å²) in [5.74, 6) is -0.634. The Morgan fingerprint density at radius 1 is 1.43 bits per heavy atom. The highest BCUT2D eigenvalue weighted by Gasteiger charge is 2.15. The van der Waals surface area contributed by atoms with Crippen LogP contribution >= 0.6 is 0 Å². The fraction of sp³-hybridized carbons (Fsp3) is 0.438. The molecule has 2 aromatic rings. The molecule has 4 nitrogen and oxygen atoms in total. The fourth-order valence-corrected chi connectivity index (χ4v) is 2.38. The number of nitrogens with one attached hydrogen (secondary N) is 2. The number of benzene rings is 1. The lowest BCUT2D eigenvalue weighted by Crippen LogP contribution is -2.34. The van der Waals surface area contributed by atoms with Crippen LogP contribution in [0.2, 0.25) is 0 Å². The normalized spacial score (nSPS) is 14.1. The van der Waals surface area contributed by atoms with Gasteiger partial charge in [-0.3, -0.25) is 4.79 Å². The van der Waals surface area contributed by atoms with E-state index in [1.54, 1.807) is 12.1 Å². The number of hydrogen-bond acceptors (Lipinski definition) is 3. The number of carbonyl (C=O) groups excluding carboxylic acids is 1. The maximum Gasteiger partial charge on any atom is 0.309 e. The molecule has 21 heavy (non-hydrogen) atoms. The van der Waals surface area contributed by atoms with E-state index >= 15 is 0 Å². The lowest BCUT2D eigenvalue weighted by atomic mass is 10.1. The molecule has 0 spiro atoms. The molecule has 1 aromatic carbocycles. The van der Waals surface area contributed by atoms with Gasteiger partial charge in [-0.05, 0) is 37.1 Å². The van der Waals surface area contributed by atoms with Gasteiger partial charge in [0.15, 0.2) is 0 Å². The molecule has 0 saturated carbocycles. The molecule has 0 amide bonds. The number of esters is 1. The summed E-state index contributed by atoms with van der Waals surface area (Å²) in [5.41, 5.74) is 2.00. The van der Waals surface area contributed by atoms with Gasteiger partial charge in [-0.25, -0.2) is 4.39 Å². The Labute approximate surface area is 123 Å². The van der Waals surface area contributed by atoms with E-state index in [4.69, 9.17) is 4.74 Å². The van der Waals surface area contributed by atoms with Crippen molar-refractivity contribution in [3.05, 3.63) is 35.8 Å². The van der Waals surface area contributed by atoms with Crippen LogP contribution in [0.25, 0.3) is 10.9 Å². The highest BCUT2D eigenvalue weighted by Crippen LogP contribution is 2.20. The smallest absolute Gasteiger partial charge is 0.309 e. The number of hydrogen-bond donors (Lipinski definition) is 2. The minimum Gasteiger partial charge on any atom is -0.469 e. The summed E-state index contributed by atoms with van der Waals surface area (Å²) in [6, 6.07) is 4.91. The zero-order chi connectivity index (χ0) is 15.4. The topological polar surface area (TPSA) is 54.1 Å². The van der Waals surface area contributed by atoms with E-state index in [-0.39, 0.29) is 23.7 Å². The molecule has 1 heterocycles. The van der Waals surface area contributed by atoms with Crippen LogP contribution < -0.4 is 5.32 Å². The van der Waals surface area contributed by atoms with E-state index in [2.05, 4.69) is 10.3 Å². The van der Waals surface area contributed by atoms with Crippen molar-refractivity contribution in [1.29, 1.82) is 0 Å². The third-order valence-corrected chi connectivity index (χ3v) is 3.63. The molecular weight excluding hydrogens is 271 g/mol. The molecule has 2 atom stereocenters. The lowest BCUT2D eigenvalue weighted by Gasteiger charge is -2.16. The monoisotopic (exact) mass is 292 g/mol. The van der Waals surface area contributed by atoms with Crippen LogP contribution in [0.1, 0.15) is 19.4 Å². The first-order chi connectivity index (χ1) is 10.0. The molecule has 114 valence electrons. The van der Waals surface area contributed by atoms with Crippen LogP contribution in [-0.2, 0) is 16.0 Å². The minimum absolute atomic E-state index is 0.180. The van der Waals surface area contributed by atoms with Gasteiger partial charge in [0.1, 0.15) is 5.82 Å². The van der Waals surface area contributed by atoms with E-state index < -0.39 is 0 Å². The molecule has 0 bridgehead atoms. The third kappa shape index (κ3) is 3.82. The first-order valence-electron chi connectivity index (χ1n) is 7.08. The number of ether oxygens (including phenoxy) is 1. The van der Waals surface area contributed by atoms with Crippen molar-refractivity contribution < 1.29 is 13.9 Å². The Balaban J connectivity index is 1.97. The first kappa shape index (κ1) is 15.5. The van der Waals surface area contributed by atoms with E-state index in [0.717, 1.165) is 22.9 Å². The SMILES string of the molecule is COC(=O)[C@@H](C)CN[C@H](C)Cc1c[nH]c2ccc(F)cc12. The number of methoxy groups -OCH3 is 1. The number of aromatic amines is 1. The Morgan fingerprint density at radius 2 is 2.19 bits per heavy atom. The van der Waals surface area contributed by atoms with Crippen LogP contribution in [0.5, 0.6) is 0 Å². The van der Waals surface area contributed by atoms with E-state index in [9.17, 15) is 9.18 Å². The van der Waals surface area contributed by atoms with Gasteiger partial charge in [0.2, 0.25) is 0 Å². The molecule has 0 saturated heterocycles. The second-order valence-corrected chi connectivity index (χ2v) is 5.44. The zero-order valence-electron chi connectivity index (χ0n) is 12.6. The molecule has 2 rings (SSSR count). The van der Waals surface area contributed by atoms with E-state index in [1.165, 1.54) is 13.2 Å². The van der Waals surface area contributed by atoms with Gasteiger partial charge in [-0.15, -0.1) is 0 Å². The van der Waals surface area contributed by atoms with Crippen LogP contribution in [0.15, 0.2) is 24.4 Å². The Kier molecular flexibility index (Phi) is 4.96. The maximum absolute atomic E-state index is 13.3. The first-order valence-corrected chi connectivity index (χ1v) is 7.08. The second kappa shape index (κ2) is 6.72. The third-order valence-electron chi connectivity index (χ3n) is 3.63. The van der Waals surface area contributed by atoms with Gasteiger partial charge < -0.3 is 15.0 Å². The van der Waals surface area contributed by atoms with Crippen molar-refractivity contribution >= 4 is 16.9 Å². The van der Waals surface area contributed by atoms with Gasteiger partial charge >= 0.3 is 5.97 Å². The number of rotatable bonds is 6. The zero-order valence-corrected chi connectivity index (χ0v) is 12.6. The van der Waals surface area contributed by atoms with Gasteiger partial charge in [-0.2, -0.15) is 0 Å². The summed E-state index contributed by atoms with van der Waals surface area (Å²) in [6.45, 7) is 4.43. The van der Waals surface area contributed by atoms with Gasteiger partial charge in [0.05, 0.1) is 13.0 Å². The lowest BCUT2D eigenvalue weighted by molar-refractivity contribution is -0.144. The highest BCUT2D eigenvalue weighted by molar-refractivity contribution is 5.83. The standard InChI is InChI=1S/C16H21FN2O2/c1-10(16(20)21-3)8-18-11(2)6-12-9-19-15-5-4-13(17)7-14(12)15/h4-5,7,9-11,18-19H,6,8H2,1-3H3/t10-,11+/m0/s1. The molecule has 2 N–H and O–H groups in total. The molecule has 0 aliphatic carbocycles. The summed E-state index contributed by atoms with van der Waals surface area (Å²) in [5, 5.41) is 4.21. The van der Waals surface area contributed by atoms with Crippen LogP contribution in [0, 0.1) is 11.7 Å². The quantitative estimate of drug-likeness (QED) is 0.805. The van der Waals surface area contributed by atoms with Crippen molar-refractivity contribution in [2.75, 3.05) is 13.7 Å². The van der Waals surface area contributed by atoms with Crippen molar-refractivity contribution in [1.82, 2.24) is 10.3 Å². The molecule has 5 heteroatoms. The molecule has 0 fully saturated rings. The molecule has 1 aromatic heterocycles. The average molecular weight is 292 g/mol. The maximum atomic E-state index is 13.3. The van der Waals surface area contributed by atoms with Crippen molar-refractivity contribution in [3.8, 4) is 0 Å². The molecule has 0 aliphatic heterocycles. The van der Waals surface area contributed by atoms with Gasteiger partial charge in [0.25, 0.3) is 0 Å². The number of H-pyrrole nitrogens is 1. The van der Waals surface area contributed by atoms with Gasteiger partial charge in [-0.1, -0.05) is 6.92 Å². The average Bonchev–Trinajstić information content (AvgIpc) is 2.86.